The summed E-state index contributed by atoms with van der Waals surface area (Å²) in [5.41, 5.74) is 6.35. The number of rotatable bonds is 4. The molecule has 0 aromatic heterocycles. The monoisotopic (exact) mass is 363 g/mol. The lowest BCUT2D eigenvalue weighted by Gasteiger charge is -2.23. The average molecular weight is 363 g/mol. The van der Waals surface area contributed by atoms with E-state index in [4.69, 9.17) is 0 Å². The van der Waals surface area contributed by atoms with Crippen LogP contribution in [0.2, 0.25) is 0 Å². The first-order valence-electron chi connectivity index (χ1n) is 9.47. The molecule has 2 amide bonds. The fourth-order valence-corrected chi connectivity index (χ4v) is 3.43. The molecule has 27 heavy (non-hydrogen) atoms. The Balaban J connectivity index is 1.51. The topological polar surface area (TPSA) is 70.6 Å². The lowest BCUT2D eigenvalue weighted by atomic mass is 9.83. The number of benzene rings is 2. The van der Waals surface area contributed by atoms with Crippen molar-refractivity contribution >= 4 is 23.2 Å². The molecular weight excluding hydrogens is 338 g/mol. The van der Waals surface area contributed by atoms with Crippen LogP contribution in [0.15, 0.2) is 59.7 Å². The molecule has 0 bridgehead atoms. The third-order valence-electron chi connectivity index (χ3n) is 5.00. The first kappa shape index (κ1) is 18.8. The number of hydrazone groups is 1. The normalized spacial score (nSPS) is 16.5. The molecule has 0 saturated heterocycles. The summed E-state index contributed by atoms with van der Waals surface area (Å²) in [7, 11) is 0. The van der Waals surface area contributed by atoms with Crippen LogP contribution >= 0.6 is 0 Å². The summed E-state index contributed by atoms with van der Waals surface area (Å²) in [5.74, 6) is -0.897. The summed E-state index contributed by atoms with van der Waals surface area (Å²) in [4.78, 5) is 24.1. The van der Waals surface area contributed by atoms with Crippen LogP contribution in [0.4, 0.5) is 5.69 Å². The van der Waals surface area contributed by atoms with Crippen molar-refractivity contribution in [3.05, 3.63) is 65.7 Å². The summed E-state index contributed by atoms with van der Waals surface area (Å²) in [6.45, 7) is 2.00. The minimum absolute atomic E-state index is 0.537. The van der Waals surface area contributed by atoms with Crippen molar-refractivity contribution in [3.8, 4) is 0 Å². The highest BCUT2D eigenvalue weighted by Crippen LogP contribution is 2.31. The number of hydrogen-bond acceptors (Lipinski definition) is 3. The minimum atomic E-state index is -0.737. The maximum absolute atomic E-state index is 12.1. The molecule has 3 rings (SSSR count). The van der Waals surface area contributed by atoms with Gasteiger partial charge in [-0.05, 0) is 55.2 Å². The Kier molecular flexibility index (Phi) is 6.36. The number of aryl methyl sites for hydroxylation is 1. The first-order valence-corrected chi connectivity index (χ1v) is 9.47. The number of nitrogens with one attached hydrogen (secondary N) is 2. The van der Waals surface area contributed by atoms with E-state index in [1.165, 1.54) is 5.56 Å². The maximum Gasteiger partial charge on any atom is 0.329 e. The van der Waals surface area contributed by atoms with Gasteiger partial charge < -0.3 is 5.32 Å². The van der Waals surface area contributed by atoms with Crippen molar-refractivity contribution in [2.45, 2.75) is 44.9 Å². The molecule has 0 atom stereocenters. The third-order valence-corrected chi connectivity index (χ3v) is 5.00. The SMILES string of the molecule is CCc1ccccc1NC(=O)C(=O)NN=C1CCC(c2ccccc2)CC1. The van der Waals surface area contributed by atoms with Gasteiger partial charge in [0.15, 0.2) is 0 Å². The molecule has 0 radical (unpaired) electrons. The highest BCUT2D eigenvalue weighted by Gasteiger charge is 2.20. The zero-order valence-corrected chi connectivity index (χ0v) is 15.6. The van der Waals surface area contributed by atoms with Gasteiger partial charge in [0.05, 0.1) is 0 Å². The van der Waals surface area contributed by atoms with Crippen LogP contribution in [0.1, 0.15) is 49.7 Å². The molecule has 1 aliphatic carbocycles. The summed E-state index contributed by atoms with van der Waals surface area (Å²) in [6, 6.07) is 17.9. The van der Waals surface area contributed by atoms with Crippen molar-refractivity contribution in [1.29, 1.82) is 0 Å². The number of carbonyl (C=O) groups excluding carboxylic acids is 2. The van der Waals surface area contributed by atoms with Gasteiger partial charge in [-0.1, -0.05) is 55.5 Å². The zero-order chi connectivity index (χ0) is 19.1. The number of anilines is 1. The Morgan fingerprint density at radius 2 is 1.63 bits per heavy atom. The van der Waals surface area contributed by atoms with Crippen LogP contribution in [-0.4, -0.2) is 17.5 Å². The molecule has 5 heteroatoms. The van der Waals surface area contributed by atoms with Gasteiger partial charge in [0, 0.05) is 11.4 Å². The van der Waals surface area contributed by atoms with Gasteiger partial charge >= 0.3 is 11.8 Å². The fraction of sp³-hybridized carbons (Fsp3) is 0.318. The average Bonchev–Trinajstić information content (AvgIpc) is 2.73. The van der Waals surface area contributed by atoms with Crippen molar-refractivity contribution < 1.29 is 9.59 Å². The molecule has 140 valence electrons. The molecule has 1 saturated carbocycles. The van der Waals surface area contributed by atoms with Gasteiger partial charge in [0.1, 0.15) is 0 Å². The van der Waals surface area contributed by atoms with E-state index in [1.54, 1.807) is 6.07 Å². The number of para-hydroxylation sites is 1. The fourth-order valence-electron chi connectivity index (χ4n) is 3.43. The molecule has 2 N–H and O–H groups in total. The molecule has 0 unspecified atom stereocenters. The Labute approximate surface area is 159 Å². The van der Waals surface area contributed by atoms with Gasteiger partial charge in [0.2, 0.25) is 0 Å². The van der Waals surface area contributed by atoms with Gasteiger partial charge in [-0.25, -0.2) is 5.43 Å². The highest BCUT2D eigenvalue weighted by molar-refractivity contribution is 6.39. The van der Waals surface area contributed by atoms with Crippen LogP contribution in [0, 0.1) is 0 Å². The number of carbonyl (C=O) groups is 2. The Hall–Kier alpha value is -2.95. The summed E-state index contributed by atoms with van der Waals surface area (Å²) < 4.78 is 0. The van der Waals surface area contributed by atoms with Crippen LogP contribution in [-0.2, 0) is 16.0 Å². The molecule has 2 aromatic rings. The lowest BCUT2D eigenvalue weighted by molar-refractivity contribution is -0.136. The molecular formula is C22H25N3O2. The molecule has 5 nitrogen and oxygen atoms in total. The summed E-state index contributed by atoms with van der Waals surface area (Å²) in [5, 5.41) is 6.83. The molecule has 1 aliphatic rings. The van der Waals surface area contributed by atoms with Gasteiger partial charge in [-0.15, -0.1) is 0 Å². The lowest BCUT2D eigenvalue weighted by Crippen LogP contribution is -2.33. The largest absolute Gasteiger partial charge is 0.329 e. The number of amides is 2. The van der Waals surface area contributed by atoms with E-state index in [2.05, 4.69) is 40.1 Å². The summed E-state index contributed by atoms with van der Waals surface area (Å²) >= 11 is 0. The van der Waals surface area contributed by atoms with E-state index in [-0.39, 0.29) is 0 Å². The Morgan fingerprint density at radius 3 is 2.33 bits per heavy atom. The Morgan fingerprint density at radius 1 is 0.963 bits per heavy atom. The standard InChI is InChI=1S/C22H25N3O2/c1-2-16-8-6-7-11-20(16)23-21(26)22(27)25-24-19-14-12-18(13-15-19)17-9-4-3-5-10-17/h3-11,18H,2,12-15H2,1H3,(H,23,26)(H,25,27). The van der Waals surface area contributed by atoms with E-state index in [1.807, 2.05) is 31.2 Å². The van der Waals surface area contributed by atoms with Crippen molar-refractivity contribution in [2.24, 2.45) is 5.10 Å². The van der Waals surface area contributed by atoms with E-state index in [9.17, 15) is 9.59 Å². The van der Waals surface area contributed by atoms with E-state index in [0.717, 1.165) is 43.4 Å². The van der Waals surface area contributed by atoms with Crippen LogP contribution in [0.5, 0.6) is 0 Å². The van der Waals surface area contributed by atoms with Crippen molar-refractivity contribution in [3.63, 3.8) is 0 Å². The number of nitrogens with zero attached hydrogens (tertiary/aromatic N) is 1. The zero-order valence-electron chi connectivity index (χ0n) is 15.6. The van der Waals surface area contributed by atoms with Crippen LogP contribution in [0.25, 0.3) is 0 Å². The first-order chi connectivity index (χ1) is 13.2. The van der Waals surface area contributed by atoms with E-state index >= 15 is 0 Å². The Bertz CT molecular complexity index is 820. The van der Waals surface area contributed by atoms with E-state index in [0.29, 0.717) is 11.6 Å². The third kappa shape index (κ3) is 5.03. The molecule has 0 spiro atoms. The molecule has 0 heterocycles. The highest BCUT2D eigenvalue weighted by atomic mass is 16.2. The molecule has 1 fully saturated rings. The maximum atomic E-state index is 12.1. The van der Waals surface area contributed by atoms with Crippen LogP contribution < -0.4 is 10.7 Å². The van der Waals surface area contributed by atoms with Crippen molar-refractivity contribution in [2.75, 3.05) is 5.32 Å². The van der Waals surface area contributed by atoms with Gasteiger partial charge in [0.25, 0.3) is 0 Å². The van der Waals surface area contributed by atoms with Crippen molar-refractivity contribution in [1.82, 2.24) is 5.43 Å². The minimum Gasteiger partial charge on any atom is -0.317 e. The number of hydrogen-bond donors (Lipinski definition) is 2. The predicted octanol–water partition coefficient (Wildman–Crippen LogP) is 4.02. The van der Waals surface area contributed by atoms with E-state index < -0.39 is 11.8 Å². The van der Waals surface area contributed by atoms with Crippen LogP contribution in [0.3, 0.4) is 0 Å². The van der Waals surface area contributed by atoms with Gasteiger partial charge in [-0.2, -0.15) is 5.10 Å². The second-order valence-corrected chi connectivity index (χ2v) is 6.77. The molecule has 0 aliphatic heterocycles. The quantitative estimate of drug-likeness (QED) is 0.636. The predicted molar refractivity (Wildman–Crippen MR) is 108 cm³/mol. The second kappa shape index (κ2) is 9.12. The smallest absolute Gasteiger partial charge is 0.317 e. The van der Waals surface area contributed by atoms with Gasteiger partial charge in [-0.3, -0.25) is 9.59 Å². The molecule has 2 aromatic carbocycles. The summed E-state index contributed by atoms with van der Waals surface area (Å²) in [6.07, 6.45) is 4.47. The second-order valence-electron chi connectivity index (χ2n) is 6.77.